The molecule has 36 heavy (non-hydrogen) atoms. The van der Waals surface area contributed by atoms with Crippen LogP contribution in [0.4, 0.5) is 18.0 Å². The number of hydrogen-bond donors (Lipinski definition) is 1. The number of hydrogen-bond acceptors (Lipinski definition) is 6. The number of benzene rings is 2. The molecule has 2 aliphatic rings. The molecule has 0 radical (unpaired) electrons. The van der Waals surface area contributed by atoms with Gasteiger partial charge in [0, 0.05) is 43.1 Å². The number of halogens is 3. The van der Waals surface area contributed by atoms with Gasteiger partial charge in [0.05, 0.1) is 4.90 Å². The number of alkyl halides is 3. The van der Waals surface area contributed by atoms with E-state index in [1.807, 2.05) is 6.92 Å². The van der Waals surface area contributed by atoms with Crippen LogP contribution in [-0.4, -0.2) is 62.8 Å². The fourth-order valence-electron chi connectivity index (χ4n) is 4.63. The van der Waals surface area contributed by atoms with E-state index in [0.29, 0.717) is 37.3 Å². The molecular weight excluding hydrogens is 503 g/mol. The largest absolute Gasteiger partial charge is 0.573 e. The molecule has 2 saturated heterocycles. The lowest BCUT2D eigenvalue weighted by Gasteiger charge is -2.25. The monoisotopic (exact) mass is 527 g/mol. The molecule has 2 unspecified atom stereocenters. The van der Waals surface area contributed by atoms with Gasteiger partial charge in [-0.1, -0.05) is 19.1 Å². The number of ether oxygens (including phenoxy) is 2. The first-order valence-corrected chi connectivity index (χ1v) is 12.5. The molecule has 0 saturated carbocycles. The Bertz CT molecular complexity index is 1250. The zero-order chi connectivity index (χ0) is 26.3. The number of nitrogens with zero attached hydrogens (tertiary/aromatic N) is 2. The standard InChI is InChI=1S/C23H24F3N3O6S/c1-22-13-28(20(30)16-4-8-19(9-5-16)36(27,32)33)10-17(22)11-29(14-22)21(31)34-12-15-2-6-18(7-3-15)35-23(24,25)26/h2-9,17H,10-14H2,1H3,(H2,27,32,33). The highest BCUT2D eigenvalue weighted by molar-refractivity contribution is 7.89. The van der Waals surface area contributed by atoms with Crippen LogP contribution in [0.15, 0.2) is 53.4 Å². The van der Waals surface area contributed by atoms with Crippen LogP contribution in [0.1, 0.15) is 22.8 Å². The molecule has 2 aromatic carbocycles. The van der Waals surface area contributed by atoms with Crippen molar-refractivity contribution in [2.45, 2.75) is 24.8 Å². The minimum absolute atomic E-state index is 0.0245. The Morgan fingerprint density at radius 2 is 1.61 bits per heavy atom. The molecule has 0 aromatic heterocycles. The summed E-state index contributed by atoms with van der Waals surface area (Å²) < 4.78 is 68.8. The zero-order valence-electron chi connectivity index (χ0n) is 19.2. The van der Waals surface area contributed by atoms with Crippen molar-refractivity contribution in [2.75, 3.05) is 26.2 Å². The number of likely N-dealkylation sites (tertiary alicyclic amines) is 2. The second-order valence-corrected chi connectivity index (χ2v) is 10.8. The molecule has 4 rings (SSSR count). The lowest BCUT2D eigenvalue weighted by Crippen LogP contribution is -2.38. The van der Waals surface area contributed by atoms with Crippen LogP contribution in [0.2, 0.25) is 0 Å². The van der Waals surface area contributed by atoms with Gasteiger partial charge in [-0.3, -0.25) is 4.79 Å². The Balaban J connectivity index is 1.30. The Hall–Kier alpha value is -3.32. The number of primary sulfonamides is 1. The number of carbonyl (C=O) groups is 2. The van der Waals surface area contributed by atoms with Crippen molar-refractivity contribution in [3.8, 4) is 5.75 Å². The summed E-state index contributed by atoms with van der Waals surface area (Å²) in [6, 6.07) is 10.5. The van der Waals surface area contributed by atoms with Crippen LogP contribution in [0, 0.1) is 11.3 Å². The van der Waals surface area contributed by atoms with Crippen LogP contribution in [0.3, 0.4) is 0 Å². The van der Waals surface area contributed by atoms with Crippen molar-refractivity contribution in [1.29, 1.82) is 0 Å². The Labute approximate surface area is 205 Å². The van der Waals surface area contributed by atoms with Crippen LogP contribution in [-0.2, 0) is 21.4 Å². The molecule has 0 spiro atoms. The number of carbonyl (C=O) groups excluding carboxylic acids is 2. The van der Waals surface area contributed by atoms with Crippen molar-refractivity contribution in [1.82, 2.24) is 9.80 Å². The van der Waals surface area contributed by atoms with E-state index < -0.39 is 22.5 Å². The van der Waals surface area contributed by atoms with Crippen molar-refractivity contribution in [3.05, 3.63) is 59.7 Å². The summed E-state index contributed by atoms with van der Waals surface area (Å²) in [7, 11) is -3.85. The Kier molecular flexibility index (Phi) is 6.64. The molecule has 194 valence electrons. The molecule has 2 N–H and O–H groups in total. The van der Waals surface area contributed by atoms with Crippen LogP contribution < -0.4 is 9.88 Å². The molecule has 2 heterocycles. The minimum atomic E-state index is -4.78. The van der Waals surface area contributed by atoms with Crippen molar-refractivity contribution >= 4 is 22.0 Å². The van der Waals surface area contributed by atoms with E-state index in [2.05, 4.69) is 4.74 Å². The van der Waals surface area contributed by atoms with Gasteiger partial charge >= 0.3 is 12.5 Å². The summed E-state index contributed by atoms with van der Waals surface area (Å²) in [5.41, 5.74) is 0.508. The molecule has 9 nitrogen and oxygen atoms in total. The maximum absolute atomic E-state index is 12.9. The van der Waals surface area contributed by atoms with Gasteiger partial charge < -0.3 is 19.3 Å². The normalized spacial score (nSPS) is 21.9. The third-order valence-corrected chi connectivity index (χ3v) is 7.39. The number of rotatable bonds is 5. The summed E-state index contributed by atoms with van der Waals surface area (Å²) in [6.45, 7) is 3.49. The van der Waals surface area contributed by atoms with Crippen molar-refractivity contribution in [3.63, 3.8) is 0 Å². The summed E-state index contributed by atoms with van der Waals surface area (Å²) in [5.74, 6) is -0.576. The quantitative estimate of drug-likeness (QED) is 0.639. The average molecular weight is 528 g/mol. The molecule has 2 amide bonds. The summed E-state index contributed by atoms with van der Waals surface area (Å²) in [6.07, 6.45) is -5.33. The van der Waals surface area contributed by atoms with Crippen LogP contribution in [0.5, 0.6) is 5.75 Å². The molecule has 2 aromatic rings. The van der Waals surface area contributed by atoms with Gasteiger partial charge in [-0.2, -0.15) is 0 Å². The molecule has 2 fully saturated rings. The van der Waals surface area contributed by atoms with E-state index >= 15 is 0 Å². The molecule has 0 bridgehead atoms. The fourth-order valence-corrected chi connectivity index (χ4v) is 5.14. The third kappa shape index (κ3) is 5.73. The fraction of sp³-hybridized carbons (Fsp3) is 0.391. The van der Waals surface area contributed by atoms with Gasteiger partial charge in [0.2, 0.25) is 10.0 Å². The van der Waals surface area contributed by atoms with Gasteiger partial charge in [0.1, 0.15) is 12.4 Å². The van der Waals surface area contributed by atoms with Gasteiger partial charge in [-0.05, 0) is 42.0 Å². The number of nitrogens with two attached hydrogens (primary N) is 1. The number of fused-ring (bicyclic) bond motifs is 1. The first-order chi connectivity index (χ1) is 16.7. The SMILES string of the molecule is CC12CN(C(=O)OCc3ccc(OC(F)(F)F)cc3)CC1CN(C(=O)c1ccc(S(N)(=O)=O)cc1)C2. The van der Waals surface area contributed by atoms with Crippen molar-refractivity contribution < 1.29 is 40.7 Å². The number of amides is 2. The highest BCUT2D eigenvalue weighted by Crippen LogP contribution is 2.42. The van der Waals surface area contributed by atoms with E-state index in [-0.39, 0.29) is 34.5 Å². The average Bonchev–Trinajstić information content (AvgIpc) is 3.28. The predicted octanol–water partition coefficient (Wildman–Crippen LogP) is 2.96. The van der Waals surface area contributed by atoms with Gasteiger partial charge in [-0.15, -0.1) is 13.2 Å². The first kappa shape index (κ1) is 25.8. The van der Waals surface area contributed by atoms with Gasteiger partial charge in [-0.25, -0.2) is 18.4 Å². The summed E-state index contributed by atoms with van der Waals surface area (Å²) in [4.78, 5) is 28.7. The van der Waals surface area contributed by atoms with E-state index in [9.17, 15) is 31.2 Å². The molecule has 2 atom stereocenters. The van der Waals surface area contributed by atoms with Crippen molar-refractivity contribution in [2.24, 2.45) is 16.5 Å². The lowest BCUT2D eigenvalue weighted by molar-refractivity contribution is -0.274. The predicted molar refractivity (Wildman–Crippen MR) is 120 cm³/mol. The molecule has 2 aliphatic heterocycles. The third-order valence-electron chi connectivity index (χ3n) is 6.47. The second-order valence-electron chi connectivity index (χ2n) is 9.23. The highest BCUT2D eigenvalue weighted by Gasteiger charge is 2.52. The van der Waals surface area contributed by atoms with E-state index in [1.54, 1.807) is 9.80 Å². The lowest BCUT2D eigenvalue weighted by atomic mass is 9.83. The molecule has 0 aliphatic carbocycles. The molecular formula is C23H24F3N3O6S. The van der Waals surface area contributed by atoms with Gasteiger partial charge in [0.25, 0.3) is 5.91 Å². The van der Waals surface area contributed by atoms with E-state index in [4.69, 9.17) is 9.88 Å². The minimum Gasteiger partial charge on any atom is -0.445 e. The Morgan fingerprint density at radius 1 is 1.03 bits per heavy atom. The highest BCUT2D eigenvalue weighted by atomic mass is 32.2. The number of sulfonamides is 1. The maximum Gasteiger partial charge on any atom is 0.573 e. The smallest absolute Gasteiger partial charge is 0.445 e. The Morgan fingerprint density at radius 3 is 2.17 bits per heavy atom. The molecule has 13 heteroatoms. The van der Waals surface area contributed by atoms with E-state index in [0.717, 1.165) is 12.1 Å². The zero-order valence-corrected chi connectivity index (χ0v) is 20.0. The maximum atomic E-state index is 12.9. The summed E-state index contributed by atoms with van der Waals surface area (Å²) >= 11 is 0. The second kappa shape index (κ2) is 9.28. The first-order valence-electron chi connectivity index (χ1n) is 10.9. The summed E-state index contributed by atoms with van der Waals surface area (Å²) in [5, 5.41) is 5.09. The van der Waals surface area contributed by atoms with Crippen LogP contribution in [0.25, 0.3) is 0 Å². The van der Waals surface area contributed by atoms with Gasteiger partial charge in [0.15, 0.2) is 0 Å². The van der Waals surface area contributed by atoms with E-state index in [1.165, 1.54) is 36.4 Å². The van der Waals surface area contributed by atoms with Crippen LogP contribution >= 0.6 is 0 Å². The topological polar surface area (TPSA) is 119 Å².